The predicted molar refractivity (Wildman–Crippen MR) is 129 cm³/mol. The van der Waals surface area contributed by atoms with Gasteiger partial charge in [-0.2, -0.15) is 0 Å². The molecule has 1 N–H and O–H groups in total. The number of rotatable bonds is 7. The number of nitrogens with zero attached hydrogens (tertiary/aromatic N) is 3. The lowest BCUT2D eigenvalue weighted by molar-refractivity contribution is 0.0919. The van der Waals surface area contributed by atoms with E-state index in [4.69, 9.17) is 4.74 Å². The lowest BCUT2D eigenvalue weighted by atomic mass is 9.84. The van der Waals surface area contributed by atoms with Gasteiger partial charge in [-0.15, -0.1) is 0 Å². The third-order valence-electron chi connectivity index (χ3n) is 6.44. The highest BCUT2D eigenvalue weighted by atomic mass is 16.5. The van der Waals surface area contributed by atoms with Crippen molar-refractivity contribution in [2.75, 3.05) is 0 Å². The highest BCUT2D eigenvalue weighted by molar-refractivity contribution is 5.95. The Morgan fingerprint density at radius 2 is 1.94 bits per heavy atom. The number of hydrogen-bond donors (Lipinski definition) is 1. The molecule has 1 atom stereocenters. The van der Waals surface area contributed by atoms with E-state index in [2.05, 4.69) is 27.2 Å². The van der Waals surface area contributed by atoms with Crippen LogP contribution in [0.5, 0.6) is 11.6 Å². The van der Waals surface area contributed by atoms with Crippen LogP contribution in [0.4, 0.5) is 0 Å². The van der Waals surface area contributed by atoms with E-state index in [9.17, 15) is 4.79 Å². The second kappa shape index (κ2) is 10.6. The number of pyridine rings is 1. The lowest BCUT2D eigenvalue weighted by Crippen LogP contribution is -2.38. The van der Waals surface area contributed by atoms with Crippen LogP contribution < -0.4 is 10.1 Å². The fourth-order valence-electron chi connectivity index (χ4n) is 4.38. The van der Waals surface area contributed by atoms with Crippen molar-refractivity contribution in [1.82, 2.24) is 20.3 Å². The van der Waals surface area contributed by atoms with E-state index in [1.54, 1.807) is 18.5 Å². The molecule has 0 radical (unpaired) electrons. The van der Waals surface area contributed by atoms with Crippen molar-refractivity contribution in [2.45, 2.75) is 65.3 Å². The number of aryl methyl sites for hydroxylation is 2. The van der Waals surface area contributed by atoms with Gasteiger partial charge in [0.05, 0.1) is 11.3 Å². The normalized spacial score (nSPS) is 15.1. The lowest BCUT2D eigenvalue weighted by Gasteiger charge is -2.28. The first-order valence-electron chi connectivity index (χ1n) is 11.9. The Morgan fingerprint density at radius 3 is 2.73 bits per heavy atom. The standard InChI is InChI=1S/C27H32N4O2/c1-4-25-28-16-14-23(31-25)22-11-8-15-29-27(22)33-24-17-21(13-12-18(24)2)26(32)30-19(3)20-9-6-5-7-10-20/h8,11-17,19-20H,4-7,9-10H2,1-3H3,(H,30,32)/t19-/m1/s1. The Balaban J connectivity index is 1.55. The highest BCUT2D eigenvalue weighted by Gasteiger charge is 2.22. The molecule has 0 unspecified atom stereocenters. The summed E-state index contributed by atoms with van der Waals surface area (Å²) in [7, 11) is 0. The molecule has 6 heteroatoms. The summed E-state index contributed by atoms with van der Waals surface area (Å²) in [5.74, 6) is 2.32. The average molecular weight is 445 g/mol. The van der Waals surface area contributed by atoms with Crippen molar-refractivity contribution < 1.29 is 9.53 Å². The summed E-state index contributed by atoms with van der Waals surface area (Å²) in [5.41, 5.74) is 3.07. The molecule has 6 nitrogen and oxygen atoms in total. The van der Waals surface area contributed by atoms with Gasteiger partial charge in [-0.05, 0) is 68.5 Å². The average Bonchev–Trinajstić information content (AvgIpc) is 2.86. The largest absolute Gasteiger partial charge is 0.438 e. The molecule has 1 fully saturated rings. The van der Waals surface area contributed by atoms with Crippen LogP contribution >= 0.6 is 0 Å². The Labute approximate surface area is 195 Å². The van der Waals surface area contributed by atoms with Crippen molar-refractivity contribution in [3.8, 4) is 22.9 Å². The fourth-order valence-corrected chi connectivity index (χ4v) is 4.38. The van der Waals surface area contributed by atoms with E-state index in [1.165, 1.54) is 32.1 Å². The van der Waals surface area contributed by atoms with Crippen molar-refractivity contribution >= 4 is 5.91 Å². The van der Waals surface area contributed by atoms with Crippen LogP contribution in [0.3, 0.4) is 0 Å². The van der Waals surface area contributed by atoms with Crippen LogP contribution in [0.25, 0.3) is 11.3 Å². The minimum Gasteiger partial charge on any atom is -0.438 e. The maximum Gasteiger partial charge on any atom is 0.251 e. The summed E-state index contributed by atoms with van der Waals surface area (Å²) in [4.78, 5) is 26.3. The molecule has 1 aliphatic carbocycles. The number of hydrogen-bond acceptors (Lipinski definition) is 5. The van der Waals surface area contributed by atoms with Crippen molar-refractivity contribution in [3.05, 3.63) is 65.7 Å². The van der Waals surface area contributed by atoms with Gasteiger partial charge in [0.2, 0.25) is 5.88 Å². The molecule has 3 aromatic rings. The molecule has 1 amide bonds. The molecule has 0 bridgehead atoms. The van der Waals surface area contributed by atoms with Gasteiger partial charge >= 0.3 is 0 Å². The second-order valence-electron chi connectivity index (χ2n) is 8.81. The summed E-state index contributed by atoms with van der Waals surface area (Å²) in [6.45, 7) is 6.10. The van der Waals surface area contributed by atoms with Gasteiger partial charge in [0.15, 0.2) is 0 Å². The van der Waals surface area contributed by atoms with E-state index in [1.807, 2.05) is 44.2 Å². The zero-order valence-corrected chi connectivity index (χ0v) is 19.7. The minimum atomic E-state index is -0.0671. The summed E-state index contributed by atoms with van der Waals surface area (Å²) in [6.07, 6.45) is 10.4. The quantitative estimate of drug-likeness (QED) is 0.491. The van der Waals surface area contributed by atoms with E-state index in [-0.39, 0.29) is 11.9 Å². The van der Waals surface area contributed by atoms with E-state index in [0.717, 1.165) is 29.1 Å². The molecule has 0 aliphatic heterocycles. The molecule has 1 aromatic carbocycles. The van der Waals surface area contributed by atoms with Gasteiger partial charge in [0.25, 0.3) is 5.91 Å². The topological polar surface area (TPSA) is 77.0 Å². The maximum absolute atomic E-state index is 13.0. The number of ether oxygens (including phenoxy) is 1. The third kappa shape index (κ3) is 5.56. The molecule has 4 rings (SSSR count). The number of benzene rings is 1. The number of carbonyl (C=O) groups excluding carboxylic acids is 1. The predicted octanol–water partition coefficient (Wildman–Crippen LogP) is 5.90. The monoisotopic (exact) mass is 444 g/mol. The molecular formula is C27H32N4O2. The van der Waals surface area contributed by atoms with E-state index < -0.39 is 0 Å². The van der Waals surface area contributed by atoms with Crippen LogP contribution in [0, 0.1) is 12.8 Å². The van der Waals surface area contributed by atoms with Crippen LogP contribution in [-0.4, -0.2) is 26.9 Å². The van der Waals surface area contributed by atoms with Gasteiger partial charge in [-0.25, -0.2) is 15.0 Å². The molecule has 1 saturated carbocycles. The third-order valence-corrected chi connectivity index (χ3v) is 6.44. The first kappa shape index (κ1) is 22.9. The SMILES string of the molecule is CCc1nccc(-c2cccnc2Oc2cc(C(=O)N[C@H](C)C3CCCCC3)ccc2C)n1. The molecule has 0 saturated heterocycles. The smallest absolute Gasteiger partial charge is 0.251 e. The zero-order chi connectivity index (χ0) is 23.2. The van der Waals surface area contributed by atoms with E-state index in [0.29, 0.717) is 23.1 Å². The first-order chi connectivity index (χ1) is 16.0. The number of nitrogens with one attached hydrogen (secondary N) is 1. The van der Waals surface area contributed by atoms with Gasteiger partial charge in [0, 0.05) is 30.4 Å². The van der Waals surface area contributed by atoms with Gasteiger partial charge < -0.3 is 10.1 Å². The summed E-state index contributed by atoms with van der Waals surface area (Å²) >= 11 is 0. The van der Waals surface area contributed by atoms with Gasteiger partial charge in [0.1, 0.15) is 11.6 Å². The molecule has 1 aliphatic rings. The van der Waals surface area contributed by atoms with Crippen molar-refractivity contribution in [3.63, 3.8) is 0 Å². The number of amides is 1. The minimum absolute atomic E-state index is 0.0671. The Morgan fingerprint density at radius 1 is 1.12 bits per heavy atom. The van der Waals surface area contributed by atoms with E-state index >= 15 is 0 Å². The second-order valence-corrected chi connectivity index (χ2v) is 8.81. The Kier molecular flexibility index (Phi) is 7.33. The Bertz CT molecular complexity index is 1110. The molecule has 172 valence electrons. The van der Waals surface area contributed by atoms with Crippen LogP contribution in [-0.2, 0) is 6.42 Å². The summed E-state index contributed by atoms with van der Waals surface area (Å²) in [5, 5.41) is 3.20. The van der Waals surface area contributed by atoms with Crippen LogP contribution in [0.2, 0.25) is 0 Å². The fraction of sp³-hybridized carbons (Fsp3) is 0.407. The van der Waals surface area contributed by atoms with Gasteiger partial charge in [-0.3, -0.25) is 4.79 Å². The number of aromatic nitrogens is 3. The number of carbonyl (C=O) groups is 1. The summed E-state index contributed by atoms with van der Waals surface area (Å²) < 4.78 is 6.23. The van der Waals surface area contributed by atoms with Crippen LogP contribution in [0.1, 0.15) is 67.7 Å². The highest BCUT2D eigenvalue weighted by Crippen LogP contribution is 2.32. The van der Waals surface area contributed by atoms with Gasteiger partial charge in [-0.1, -0.05) is 32.3 Å². The van der Waals surface area contributed by atoms with Crippen molar-refractivity contribution in [2.24, 2.45) is 5.92 Å². The van der Waals surface area contributed by atoms with Crippen LogP contribution in [0.15, 0.2) is 48.8 Å². The molecule has 2 heterocycles. The molecule has 2 aromatic heterocycles. The molecule has 0 spiro atoms. The van der Waals surface area contributed by atoms with Crippen molar-refractivity contribution in [1.29, 1.82) is 0 Å². The first-order valence-corrected chi connectivity index (χ1v) is 11.9. The molecular weight excluding hydrogens is 412 g/mol. The summed E-state index contributed by atoms with van der Waals surface area (Å²) in [6, 6.07) is 11.4. The Hall–Kier alpha value is -3.28. The zero-order valence-electron chi connectivity index (χ0n) is 19.7. The maximum atomic E-state index is 13.0. The molecule has 33 heavy (non-hydrogen) atoms.